The molecule has 0 fully saturated rings. The Morgan fingerprint density at radius 1 is 0.683 bits per heavy atom. The number of carbonyl (C=O) groups excluding carboxylic acids is 3. The molecule has 0 unspecified atom stereocenters. The van der Waals surface area contributed by atoms with Crippen LogP contribution in [0.15, 0.2) is 0 Å². The first kappa shape index (κ1) is 36.6. The molecule has 0 aliphatic carbocycles. The highest BCUT2D eigenvalue weighted by molar-refractivity contribution is 5.94. The number of amides is 3. The Morgan fingerprint density at radius 3 is 1.51 bits per heavy atom. The van der Waals surface area contributed by atoms with Gasteiger partial charge in [-0.1, -0.05) is 0 Å². The first-order valence-electron chi connectivity index (χ1n) is 13.0. The molecule has 0 spiro atoms. The molecule has 0 aromatic rings. The lowest BCUT2D eigenvalue weighted by atomic mass is 10.1. The van der Waals surface area contributed by atoms with Crippen molar-refractivity contribution in [3.63, 3.8) is 0 Å². The summed E-state index contributed by atoms with van der Waals surface area (Å²) in [5.41, 5.74) is 21.5. The fourth-order valence-electron chi connectivity index (χ4n) is 3.46. The van der Waals surface area contributed by atoms with E-state index in [1.165, 1.54) is 6.92 Å². The van der Waals surface area contributed by atoms with Crippen LogP contribution in [0.1, 0.15) is 45.4 Å². The second kappa shape index (κ2) is 19.6. The summed E-state index contributed by atoms with van der Waals surface area (Å²) in [5, 5.41) is 56.0. The Labute approximate surface area is 237 Å². The number of aliphatic carboxylic acids is 1. The minimum atomic E-state index is -1.48. The molecular weight excluding hydrogens is 542 g/mol. The summed E-state index contributed by atoms with van der Waals surface area (Å²) in [6, 6.07) is -5.10. The number of nitrogens with one attached hydrogen (secondary N) is 9. The molecule has 41 heavy (non-hydrogen) atoms. The van der Waals surface area contributed by atoms with Gasteiger partial charge in [-0.25, -0.2) is 4.79 Å². The van der Waals surface area contributed by atoms with Gasteiger partial charge < -0.3 is 65.0 Å². The molecule has 0 rings (SSSR count). The Kier molecular flexibility index (Phi) is 17.5. The van der Waals surface area contributed by atoms with Gasteiger partial charge in [0.15, 0.2) is 17.9 Å². The second-order valence-electron chi connectivity index (χ2n) is 9.24. The van der Waals surface area contributed by atoms with Crippen LogP contribution in [0, 0.1) is 16.2 Å². The van der Waals surface area contributed by atoms with Crippen molar-refractivity contribution >= 4 is 41.6 Å². The third-order valence-corrected chi connectivity index (χ3v) is 5.62. The number of aliphatic hydroxyl groups excluding tert-OH is 1. The molecule has 234 valence electrons. The van der Waals surface area contributed by atoms with Crippen molar-refractivity contribution in [3.05, 3.63) is 0 Å². The van der Waals surface area contributed by atoms with Gasteiger partial charge in [-0.05, 0) is 45.4 Å². The molecule has 0 saturated heterocycles. The molecule has 5 atom stereocenters. The highest BCUT2D eigenvalue weighted by Gasteiger charge is 2.32. The number of guanidine groups is 3. The maximum absolute atomic E-state index is 13.0. The standard InChI is InChI=1S/C22H45N13O6/c1-11(36)15(35-16(37)12(23)5-2-8-30-20(24)25)18(39)33-13(6-3-9-31-21(26)27)17(38)34-14(19(40)41)7-4-10-32-22(28)29/h11-15,36H,2-10,23H2,1H3,(H,33,39)(H,34,38)(H,35,37)(H,40,41)(H4,24,25,30)(H4,26,27,31)(H4,28,29,32)/t11-,12+,13+,14+,15+/m1/s1. The Balaban J connectivity index is 5.43. The summed E-state index contributed by atoms with van der Waals surface area (Å²) in [6.07, 6.45) is -0.298. The lowest BCUT2D eigenvalue weighted by Gasteiger charge is -2.26. The van der Waals surface area contributed by atoms with Crippen molar-refractivity contribution in [1.82, 2.24) is 31.9 Å². The van der Waals surface area contributed by atoms with Gasteiger partial charge in [0.2, 0.25) is 17.7 Å². The van der Waals surface area contributed by atoms with Crippen molar-refractivity contribution in [1.29, 1.82) is 16.2 Å². The van der Waals surface area contributed by atoms with Gasteiger partial charge in [-0.3, -0.25) is 30.6 Å². The van der Waals surface area contributed by atoms with Gasteiger partial charge in [0.05, 0.1) is 12.1 Å². The van der Waals surface area contributed by atoms with Crippen molar-refractivity contribution in [3.8, 4) is 0 Å². The van der Waals surface area contributed by atoms with E-state index in [1.54, 1.807) is 0 Å². The summed E-state index contributed by atoms with van der Waals surface area (Å²) < 4.78 is 0. The van der Waals surface area contributed by atoms with Gasteiger partial charge in [-0.2, -0.15) is 0 Å². The molecule has 0 aromatic heterocycles. The summed E-state index contributed by atoms with van der Waals surface area (Å²) in [5.74, 6) is -4.59. The Morgan fingerprint density at radius 2 is 1.10 bits per heavy atom. The van der Waals surface area contributed by atoms with Crippen molar-refractivity contribution in [2.45, 2.75) is 75.7 Å². The smallest absolute Gasteiger partial charge is 0.326 e. The SMILES string of the molecule is C[C@@H](O)[C@H](NC(=O)[C@@H](N)CCCNC(=N)N)C(=O)N[C@@H](CCCNC(=N)N)C(=O)N[C@@H](CCCNC(=N)N)C(=O)O. The van der Waals surface area contributed by atoms with E-state index in [0.717, 1.165) is 0 Å². The average molecular weight is 588 g/mol. The van der Waals surface area contributed by atoms with Crippen LogP contribution in [0.5, 0.6) is 0 Å². The van der Waals surface area contributed by atoms with E-state index >= 15 is 0 Å². The maximum atomic E-state index is 13.0. The first-order chi connectivity index (χ1) is 19.1. The highest BCUT2D eigenvalue weighted by atomic mass is 16.4. The number of carbonyl (C=O) groups is 4. The number of hydrogen-bond acceptors (Lipinski definition) is 9. The quantitative estimate of drug-likeness (QED) is 0.0361. The molecule has 19 heteroatoms. The molecule has 0 heterocycles. The molecular formula is C22H45N13O6. The largest absolute Gasteiger partial charge is 0.480 e. The van der Waals surface area contributed by atoms with Crippen LogP contribution < -0.4 is 54.8 Å². The number of hydrogen-bond donors (Lipinski definition) is 15. The lowest BCUT2D eigenvalue weighted by Crippen LogP contribution is -2.59. The van der Waals surface area contributed by atoms with E-state index in [1.807, 2.05) is 0 Å². The fourth-order valence-corrected chi connectivity index (χ4v) is 3.46. The van der Waals surface area contributed by atoms with Crippen molar-refractivity contribution < 1.29 is 29.4 Å². The van der Waals surface area contributed by atoms with Crippen LogP contribution in [0.3, 0.4) is 0 Å². The zero-order valence-electron chi connectivity index (χ0n) is 23.1. The van der Waals surface area contributed by atoms with E-state index in [9.17, 15) is 29.4 Å². The Hall–Kier alpha value is -4.39. The molecule has 19 N–H and O–H groups in total. The first-order valence-corrected chi connectivity index (χ1v) is 13.0. The molecule has 0 aliphatic rings. The minimum Gasteiger partial charge on any atom is -0.480 e. The topological polar surface area (TPSA) is 357 Å². The molecule has 0 radical (unpaired) electrons. The molecule has 0 aliphatic heterocycles. The van der Waals surface area contributed by atoms with E-state index < -0.39 is 54.0 Å². The Bertz CT molecular complexity index is 916. The third kappa shape index (κ3) is 17.0. The maximum Gasteiger partial charge on any atom is 0.326 e. The average Bonchev–Trinajstić information content (AvgIpc) is 2.87. The zero-order chi connectivity index (χ0) is 31.5. The molecule has 0 bridgehead atoms. The number of carboxylic acids is 1. The van der Waals surface area contributed by atoms with Crippen LogP contribution >= 0.6 is 0 Å². The van der Waals surface area contributed by atoms with Crippen LogP contribution in [0.2, 0.25) is 0 Å². The van der Waals surface area contributed by atoms with Crippen LogP contribution in [0.25, 0.3) is 0 Å². The summed E-state index contributed by atoms with van der Waals surface area (Å²) in [7, 11) is 0. The zero-order valence-corrected chi connectivity index (χ0v) is 23.1. The van der Waals surface area contributed by atoms with Crippen LogP contribution in [-0.2, 0) is 19.2 Å². The predicted octanol–water partition coefficient (Wildman–Crippen LogP) is -4.98. The van der Waals surface area contributed by atoms with Gasteiger partial charge in [0, 0.05) is 19.6 Å². The molecule has 0 saturated carbocycles. The third-order valence-electron chi connectivity index (χ3n) is 5.62. The minimum absolute atomic E-state index is 0.0000924. The van der Waals surface area contributed by atoms with Crippen LogP contribution in [0.4, 0.5) is 0 Å². The number of nitrogens with two attached hydrogens (primary N) is 4. The normalized spacial score (nSPS) is 14.2. The predicted molar refractivity (Wildman–Crippen MR) is 151 cm³/mol. The van der Waals surface area contributed by atoms with E-state index in [0.29, 0.717) is 13.0 Å². The monoisotopic (exact) mass is 587 g/mol. The lowest BCUT2D eigenvalue weighted by molar-refractivity contribution is -0.142. The van der Waals surface area contributed by atoms with Crippen molar-refractivity contribution in [2.24, 2.45) is 22.9 Å². The number of carboxylic acid groups (broad SMARTS) is 1. The van der Waals surface area contributed by atoms with Gasteiger partial charge in [0.25, 0.3) is 0 Å². The summed E-state index contributed by atoms with van der Waals surface area (Å²) in [4.78, 5) is 50.3. The number of rotatable bonds is 20. The van der Waals surface area contributed by atoms with Gasteiger partial charge >= 0.3 is 5.97 Å². The summed E-state index contributed by atoms with van der Waals surface area (Å²) in [6.45, 7) is 1.94. The highest BCUT2D eigenvalue weighted by Crippen LogP contribution is 2.05. The van der Waals surface area contributed by atoms with Crippen molar-refractivity contribution in [2.75, 3.05) is 19.6 Å². The van der Waals surface area contributed by atoms with Gasteiger partial charge in [-0.15, -0.1) is 0 Å². The molecule has 19 nitrogen and oxygen atoms in total. The van der Waals surface area contributed by atoms with E-state index in [-0.39, 0.29) is 63.1 Å². The van der Waals surface area contributed by atoms with Gasteiger partial charge in [0.1, 0.15) is 18.1 Å². The fraction of sp³-hybridized carbons (Fsp3) is 0.682. The molecule has 0 aromatic carbocycles. The van der Waals surface area contributed by atoms with E-state index in [4.69, 9.17) is 39.2 Å². The molecule has 3 amide bonds. The van der Waals surface area contributed by atoms with Crippen LogP contribution in [-0.4, -0.2) is 102 Å². The van der Waals surface area contributed by atoms with E-state index in [2.05, 4.69) is 31.9 Å². The summed E-state index contributed by atoms with van der Waals surface area (Å²) >= 11 is 0. The second-order valence-corrected chi connectivity index (χ2v) is 9.24. The number of aliphatic hydroxyl groups is 1.